The lowest BCUT2D eigenvalue weighted by molar-refractivity contribution is 0.393. The van der Waals surface area contributed by atoms with Gasteiger partial charge in [-0.15, -0.1) is 0 Å². The fourth-order valence-corrected chi connectivity index (χ4v) is 4.65. The van der Waals surface area contributed by atoms with Crippen LogP contribution in [-0.4, -0.2) is 0 Å². The molecule has 0 aliphatic heterocycles. The molecular weight excluding hydrogens is 264 g/mol. The summed E-state index contributed by atoms with van der Waals surface area (Å²) >= 11 is 0. The summed E-state index contributed by atoms with van der Waals surface area (Å²) < 4.78 is 0. The maximum atomic E-state index is 2.51. The topological polar surface area (TPSA) is 0 Å². The zero-order chi connectivity index (χ0) is 15.5. The standard InChI is InChI=1S/C22H40/c1-2-3-4-5-6-7-8-9-10-11-12-13-14-15-21-18-20-16-17-22(21)19-20/h16-17,20-22H,2-15,18-19H2,1H3. The van der Waals surface area contributed by atoms with Crippen molar-refractivity contribution in [3.05, 3.63) is 12.2 Å². The molecule has 3 atom stereocenters. The highest BCUT2D eigenvalue weighted by atomic mass is 14.4. The van der Waals surface area contributed by atoms with Gasteiger partial charge in [-0.25, -0.2) is 0 Å². The average molecular weight is 305 g/mol. The molecular formula is C22H40. The molecule has 1 saturated carbocycles. The Labute approximate surface area is 140 Å². The molecule has 0 aromatic rings. The van der Waals surface area contributed by atoms with E-state index < -0.39 is 0 Å². The number of hydrogen-bond donors (Lipinski definition) is 0. The highest BCUT2D eigenvalue weighted by Crippen LogP contribution is 2.45. The van der Waals surface area contributed by atoms with Crippen LogP contribution in [0.5, 0.6) is 0 Å². The first kappa shape index (κ1) is 18.1. The van der Waals surface area contributed by atoms with E-state index in [2.05, 4.69) is 19.1 Å². The minimum absolute atomic E-state index is 0.969. The van der Waals surface area contributed by atoms with Crippen LogP contribution in [0.4, 0.5) is 0 Å². The lowest BCUT2D eigenvalue weighted by Gasteiger charge is -2.17. The molecule has 0 spiro atoms. The van der Waals surface area contributed by atoms with Crippen molar-refractivity contribution in [3.63, 3.8) is 0 Å². The van der Waals surface area contributed by atoms with Crippen LogP contribution in [0, 0.1) is 17.8 Å². The molecule has 0 nitrogen and oxygen atoms in total. The van der Waals surface area contributed by atoms with E-state index >= 15 is 0 Å². The molecule has 2 bridgehead atoms. The van der Waals surface area contributed by atoms with E-state index in [4.69, 9.17) is 0 Å². The van der Waals surface area contributed by atoms with Crippen molar-refractivity contribution in [1.82, 2.24) is 0 Å². The van der Waals surface area contributed by atoms with Gasteiger partial charge in [-0.1, -0.05) is 103 Å². The molecule has 2 aliphatic carbocycles. The quantitative estimate of drug-likeness (QED) is 0.228. The first-order valence-corrected chi connectivity index (χ1v) is 10.6. The van der Waals surface area contributed by atoms with Gasteiger partial charge in [0, 0.05) is 0 Å². The van der Waals surface area contributed by atoms with Crippen LogP contribution in [0.15, 0.2) is 12.2 Å². The van der Waals surface area contributed by atoms with Gasteiger partial charge in [0.1, 0.15) is 0 Å². The Morgan fingerprint density at radius 3 is 1.64 bits per heavy atom. The summed E-state index contributed by atoms with van der Waals surface area (Å²) in [5.41, 5.74) is 0. The SMILES string of the molecule is CCCCCCCCCCCCCCCC1CC2C=CC1C2. The highest BCUT2D eigenvalue weighted by Gasteiger charge is 2.34. The summed E-state index contributed by atoms with van der Waals surface area (Å²) in [5, 5.41) is 0. The monoisotopic (exact) mass is 304 g/mol. The van der Waals surface area contributed by atoms with Gasteiger partial charge in [0.15, 0.2) is 0 Å². The molecule has 0 heterocycles. The largest absolute Gasteiger partial charge is 0.0851 e. The number of unbranched alkanes of at least 4 members (excludes halogenated alkanes) is 12. The second-order valence-corrected chi connectivity index (χ2v) is 8.07. The Bertz CT molecular complexity index is 290. The molecule has 1 fully saturated rings. The summed E-state index contributed by atoms with van der Waals surface area (Å²) in [6.07, 6.45) is 28.7. The predicted molar refractivity (Wildman–Crippen MR) is 99.2 cm³/mol. The summed E-state index contributed by atoms with van der Waals surface area (Å²) in [7, 11) is 0. The van der Waals surface area contributed by atoms with Gasteiger partial charge < -0.3 is 0 Å². The smallest absolute Gasteiger partial charge is 0.0199 e. The van der Waals surface area contributed by atoms with Gasteiger partial charge in [-0.05, 0) is 37.0 Å². The van der Waals surface area contributed by atoms with Gasteiger partial charge in [0.25, 0.3) is 0 Å². The van der Waals surface area contributed by atoms with E-state index in [0.717, 1.165) is 17.8 Å². The van der Waals surface area contributed by atoms with Crippen molar-refractivity contribution in [1.29, 1.82) is 0 Å². The molecule has 22 heavy (non-hydrogen) atoms. The molecule has 0 amide bonds. The summed E-state index contributed by atoms with van der Waals surface area (Å²) in [6.45, 7) is 2.30. The Morgan fingerprint density at radius 2 is 1.18 bits per heavy atom. The van der Waals surface area contributed by atoms with Crippen LogP contribution in [0.3, 0.4) is 0 Å². The molecule has 0 aromatic carbocycles. The van der Waals surface area contributed by atoms with Crippen LogP contribution >= 0.6 is 0 Å². The molecule has 0 radical (unpaired) electrons. The van der Waals surface area contributed by atoms with Crippen molar-refractivity contribution in [2.24, 2.45) is 17.8 Å². The Balaban J connectivity index is 1.27. The zero-order valence-electron chi connectivity index (χ0n) is 15.2. The van der Waals surface area contributed by atoms with E-state index in [0.29, 0.717) is 0 Å². The first-order valence-electron chi connectivity index (χ1n) is 10.6. The second-order valence-electron chi connectivity index (χ2n) is 8.07. The maximum absolute atomic E-state index is 2.51. The lowest BCUT2D eigenvalue weighted by atomic mass is 9.88. The predicted octanol–water partition coefficient (Wildman–Crippen LogP) is 7.68. The van der Waals surface area contributed by atoms with E-state index in [1.807, 2.05) is 0 Å². The molecule has 0 heteroatoms. The van der Waals surface area contributed by atoms with Crippen LogP contribution in [0.25, 0.3) is 0 Å². The number of hydrogen-bond acceptors (Lipinski definition) is 0. The van der Waals surface area contributed by atoms with Crippen LogP contribution in [-0.2, 0) is 0 Å². The minimum Gasteiger partial charge on any atom is -0.0851 e. The third-order valence-corrected chi connectivity index (χ3v) is 6.09. The van der Waals surface area contributed by atoms with Gasteiger partial charge >= 0.3 is 0 Å². The van der Waals surface area contributed by atoms with Crippen molar-refractivity contribution in [2.45, 2.75) is 110 Å². The lowest BCUT2D eigenvalue weighted by Crippen LogP contribution is -2.06. The molecule has 128 valence electrons. The average Bonchev–Trinajstić information content (AvgIpc) is 3.14. The van der Waals surface area contributed by atoms with Gasteiger partial charge in [-0.3, -0.25) is 0 Å². The maximum Gasteiger partial charge on any atom is -0.0199 e. The van der Waals surface area contributed by atoms with Crippen LogP contribution < -0.4 is 0 Å². The molecule has 3 unspecified atom stereocenters. The number of allylic oxidation sites excluding steroid dienone is 2. The summed E-state index contributed by atoms with van der Waals surface area (Å²) in [6, 6.07) is 0. The molecule has 2 aliphatic rings. The van der Waals surface area contributed by atoms with E-state index in [9.17, 15) is 0 Å². The normalized spacial score (nSPS) is 26.1. The Kier molecular flexibility index (Phi) is 9.29. The van der Waals surface area contributed by atoms with E-state index in [1.165, 1.54) is 103 Å². The van der Waals surface area contributed by atoms with Gasteiger partial charge in [-0.2, -0.15) is 0 Å². The van der Waals surface area contributed by atoms with Crippen molar-refractivity contribution < 1.29 is 0 Å². The Hall–Kier alpha value is -0.260. The molecule has 0 aromatic heterocycles. The van der Waals surface area contributed by atoms with Crippen molar-refractivity contribution in [3.8, 4) is 0 Å². The number of fused-ring (bicyclic) bond motifs is 2. The first-order chi connectivity index (χ1) is 10.9. The van der Waals surface area contributed by atoms with Gasteiger partial charge in [0.05, 0.1) is 0 Å². The Morgan fingerprint density at radius 1 is 0.636 bits per heavy atom. The van der Waals surface area contributed by atoms with Crippen LogP contribution in [0.2, 0.25) is 0 Å². The van der Waals surface area contributed by atoms with Crippen molar-refractivity contribution in [2.75, 3.05) is 0 Å². The fourth-order valence-electron chi connectivity index (χ4n) is 4.65. The highest BCUT2D eigenvalue weighted by molar-refractivity contribution is 5.09. The summed E-state index contributed by atoms with van der Waals surface area (Å²) in [5.74, 6) is 3.00. The van der Waals surface area contributed by atoms with E-state index in [-0.39, 0.29) is 0 Å². The molecule has 2 rings (SSSR count). The van der Waals surface area contributed by atoms with E-state index in [1.54, 1.807) is 0 Å². The van der Waals surface area contributed by atoms with Gasteiger partial charge in [0.2, 0.25) is 0 Å². The third kappa shape index (κ3) is 6.88. The van der Waals surface area contributed by atoms with Crippen LogP contribution in [0.1, 0.15) is 110 Å². The fraction of sp³-hybridized carbons (Fsp3) is 0.909. The number of rotatable bonds is 14. The second kappa shape index (κ2) is 11.3. The summed E-state index contributed by atoms with van der Waals surface area (Å²) in [4.78, 5) is 0. The molecule has 0 saturated heterocycles. The third-order valence-electron chi connectivity index (χ3n) is 6.09. The molecule has 0 N–H and O–H groups in total. The minimum atomic E-state index is 0.969. The van der Waals surface area contributed by atoms with Crippen molar-refractivity contribution >= 4 is 0 Å². The zero-order valence-corrected chi connectivity index (χ0v) is 15.2.